The molecule has 0 aliphatic rings. The van der Waals surface area contributed by atoms with Crippen LogP contribution in [0.15, 0.2) is 23.1 Å². The van der Waals surface area contributed by atoms with Crippen LogP contribution in [0, 0.1) is 0 Å². The van der Waals surface area contributed by atoms with Gasteiger partial charge in [0.1, 0.15) is 6.54 Å². The van der Waals surface area contributed by atoms with Crippen LogP contribution >= 0.6 is 12.1 Å². The number of carboxylic acids is 1. The van der Waals surface area contributed by atoms with Crippen LogP contribution in [0.1, 0.15) is 10.4 Å². The molecule has 86 valence electrons. The largest absolute Gasteiger partial charge is 0.480 e. The quantitative estimate of drug-likeness (QED) is 0.689. The maximum absolute atomic E-state index is 12.3. The molecule has 1 rings (SSSR count). The lowest BCUT2D eigenvalue weighted by Gasteiger charge is -2.04. The van der Waals surface area contributed by atoms with Gasteiger partial charge >= 0.3 is 5.97 Å². The Kier molecular flexibility index (Phi) is 4.12. The van der Waals surface area contributed by atoms with Gasteiger partial charge in [0.05, 0.1) is 12.1 Å². The standard InChI is InChI=1S/C9H9FN2O3S/c10-16-7-2-5(1-6(11)3-7)9(15)12-4-8(13)14/h1-3H,4,11H2,(H,12,15)(H,13,14). The normalized spacial score (nSPS) is 9.81. The number of amides is 1. The average Bonchev–Trinajstić information content (AvgIpc) is 2.24. The first-order valence-corrected chi connectivity index (χ1v) is 4.93. The van der Waals surface area contributed by atoms with Gasteiger partial charge in [0.2, 0.25) is 0 Å². The smallest absolute Gasteiger partial charge is 0.322 e. The molecule has 7 heteroatoms. The van der Waals surface area contributed by atoms with Crippen LogP contribution in [0.25, 0.3) is 0 Å². The predicted molar refractivity (Wildman–Crippen MR) is 57.8 cm³/mol. The highest BCUT2D eigenvalue weighted by Gasteiger charge is 2.09. The molecule has 5 nitrogen and oxygen atoms in total. The minimum Gasteiger partial charge on any atom is -0.480 e. The number of anilines is 1. The van der Waals surface area contributed by atoms with Crippen LogP contribution in [0.4, 0.5) is 9.57 Å². The van der Waals surface area contributed by atoms with Crippen molar-refractivity contribution in [2.45, 2.75) is 4.90 Å². The highest BCUT2D eigenvalue weighted by molar-refractivity contribution is 7.94. The van der Waals surface area contributed by atoms with Gasteiger partial charge in [-0.1, -0.05) is 0 Å². The molecule has 1 aromatic rings. The summed E-state index contributed by atoms with van der Waals surface area (Å²) in [6.07, 6.45) is 0. The summed E-state index contributed by atoms with van der Waals surface area (Å²) in [5, 5.41) is 10.5. The Morgan fingerprint density at radius 2 is 2.12 bits per heavy atom. The molecule has 0 fully saturated rings. The van der Waals surface area contributed by atoms with Gasteiger partial charge in [-0.25, -0.2) is 0 Å². The first-order chi connectivity index (χ1) is 7.52. The van der Waals surface area contributed by atoms with Gasteiger partial charge < -0.3 is 16.2 Å². The van der Waals surface area contributed by atoms with Gasteiger partial charge in [-0.3, -0.25) is 9.59 Å². The zero-order valence-electron chi connectivity index (χ0n) is 8.07. The first kappa shape index (κ1) is 12.3. The second-order valence-electron chi connectivity index (χ2n) is 2.94. The van der Waals surface area contributed by atoms with Crippen molar-refractivity contribution in [1.29, 1.82) is 0 Å². The van der Waals surface area contributed by atoms with Crippen molar-refractivity contribution in [1.82, 2.24) is 5.32 Å². The van der Waals surface area contributed by atoms with Crippen molar-refractivity contribution in [3.63, 3.8) is 0 Å². The molecule has 0 aliphatic heterocycles. The van der Waals surface area contributed by atoms with Crippen LogP contribution in [0.2, 0.25) is 0 Å². The molecule has 0 aliphatic carbocycles. The molecule has 0 aromatic heterocycles. The highest BCUT2D eigenvalue weighted by Crippen LogP contribution is 2.23. The van der Waals surface area contributed by atoms with Gasteiger partial charge in [0.25, 0.3) is 5.91 Å². The Morgan fingerprint density at radius 1 is 1.44 bits per heavy atom. The lowest BCUT2D eigenvalue weighted by atomic mass is 10.2. The number of hydrogen-bond acceptors (Lipinski definition) is 4. The van der Waals surface area contributed by atoms with Crippen molar-refractivity contribution in [2.24, 2.45) is 0 Å². The van der Waals surface area contributed by atoms with Gasteiger partial charge in [0.15, 0.2) is 0 Å². The second kappa shape index (κ2) is 5.36. The van der Waals surface area contributed by atoms with Gasteiger partial charge in [-0.2, -0.15) is 3.89 Å². The molecule has 0 saturated heterocycles. The fourth-order valence-corrected chi connectivity index (χ4v) is 1.41. The molecule has 0 bridgehead atoms. The van der Waals surface area contributed by atoms with E-state index < -0.39 is 18.4 Å². The van der Waals surface area contributed by atoms with E-state index in [1.807, 2.05) is 0 Å². The minimum absolute atomic E-state index is 0.0374. The molecule has 0 heterocycles. The Labute approximate surface area is 95.1 Å². The van der Waals surface area contributed by atoms with E-state index in [0.717, 1.165) is 0 Å². The molecule has 0 radical (unpaired) electrons. The average molecular weight is 244 g/mol. The number of nitrogens with one attached hydrogen (secondary N) is 1. The number of nitrogen functional groups attached to an aromatic ring is 1. The summed E-state index contributed by atoms with van der Waals surface area (Å²) >= 11 is -0.0374. The fourth-order valence-electron chi connectivity index (χ4n) is 1.06. The van der Waals surface area contributed by atoms with E-state index in [4.69, 9.17) is 10.8 Å². The van der Waals surface area contributed by atoms with Crippen LogP contribution in [-0.4, -0.2) is 23.5 Å². The van der Waals surface area contributed by atoms with E-state index in [1.165, 1.54) is 18.2 Å². The number of aliphatic carboxylic acids is 1. The summed E-state index contributed by atoms with van der Waals surface area (Å²) in [6.45, 7) is -0.494. The van der Waals surface area contributed by atoms with Crippen LogP contribution < -0.4 is 11.1 Å². The fraction of sp³-hybridized carbons (Fsp3) is 0.111. The van der Waals surface area contributed by atoms with Gasteiger partial charge in [-0.05, 0) is 18.2 Å². The molecular formula is C9H9FN2O3S. The Morgan fingerprint density at radius 3 is 2.69 bits per heavy atom. The molecule has 1 amide bonds. The monoisotopic (exact) mass is 244 g/mol. The minimum atomic E-state index is -1.16. The lowest BCUT2D eigenvalue weighted by molar-refractivity contribution is -0.135. The molecule has 0 spiro atoms. The zero-order chi connectivity index (χ0) is 12.1. The van der Waals surface area contributed by atoms with E-state index in [1.54, 1.807) is 0 Å². The van der Waals surface area contributed by atoms with Crippen molar-refractivity contribution in [3.05, 3.63) is 23.8 Å². The molecular weight excluding hydrogens is 235 g/mol. The number of nitrogens with two attached hydrogens (primary N) is 1. The van der Waals surface area contributed by atoms with Gasteiger partial charge in [0, 0.05) is 16.1 Å². The number of carbonyl (C=O) groups is 2. The van der Waals surface area contributed by atoms with Crippen LogP contribution in [-0.2, 0) is 4.79 Å². The maximum atomic E-state index is 12.3. The summed E-state index contributed by atoms with van der Waals surface area (Å²) in [5.74, 6) is -1.76. The topological polar surface area (TPSA) is 92.4 Å². The number of hydrogen-bond donors (Lipinski definition) is 3. The lowest BCUT2D eigenvalue weighted by Crippen LogP contribution is -2.29. The summed E-state index contributed by atoms with van der Waals surface area (Å²) in [6, 6.07) is 4.01. The number of carbonyl (C=O) groups excluding carboxylic acids is 1. The van der Waals surface area contributed by atoms with E-state index >= 15 is 0 Å². The molecule has 0 atom stereocenters. The highest BCUT2D eigenvalue weighted by atomic mass is 32.2. The van der Waals surface area contributed by atoms with Crippen molar-refractivity contribution in [2.75, 3.05) is 12.3 Å². The molecule has 0 saturated carbocycles. The second-order valence-corrected chi connectivity index (χ2v) is 3.57. The summed E-state index contributed by atoms with van der Waals surface area (Å²) in [5.41, 5.74) is 5.82. The third-order valence-electron chi connectivity index (χ3n) is 1.68. The maximum Gasteiger partial charge on any atom is 0.322 e. The number of carboxylic acid groups (broad SMARTS) is 1. The van der Waals surface area contributed by atoms with Crippen LogP contribution in [0.3, 0.4) is 0 Å². The van der Waals surface area contributed by atoms with Crippen molar-refractivity contribution in [3.8, 4) is 0 Å². The Hall–Kier alpha value is -1.76. The van der Waals surface area contributed by atoms with E-state index in [9.17, 15) is 13.5 Å². The first-order valence-electron chi connectivity index (χ1n) is 4.22. The van der Waals surface area contributed by atoms with Crippen LogP contribution in [0.5, 0.6) is 0 Å². The molecule has 16 heavy (non-hydrogen) atoms. The third-order valence-corrected chi connectivity index (χ3v) is 2.09. The Bertz CT molecular complexity index is 425. The van der Waals surface area contributed by atoms with E-state index in [2.05, 4.69) is 5.32 Å². The van der Waals surface area contributed by atoms with Crippen molar-refractivity contribution >= 4 is 29.7 Å². The Balaban J connectivity index is 2.82. The third kappa shape index (κ3) is 3.43. The SMILES string of the molecule is Nc1cc(SF)cc(C(=O)NCC(=O)O)c1. The number of rotatable bonds is 4. The predicted octanol–water partition coefficient (Wildman–Crippen LogP) is 1.06. The van der Waals surface area contributed by atoms with E-state index in [-0.39, 0.29) is 28.3 Å². The summed E-state index contributed by atoms with van der Waals surface area (Å²) in [4.78, 5) is 21.8. The molecule has 4 N–H and O–H groups in total. The number of benzene rings is 1. The summed E-state index contributed by atoms with van der Waals surface area (Å²) in [7, 11) is 0. The van der Waals surface area contributed by atoms with E-state index in [0.29, 0.717) is 0 Å². The number of halogens is 1. The van der Waals surface area contributed by atoms with Gasteiger partial charge in [-0.15, -0.1) is 0 Å². The summed E-state index contributed by atoms with van der Waals surface area (Å²) < 4.78 is 12.3. The zero-order valence-corrected chi connectivity index (χ0v) is 8.88. The van der Waals surface area contributed by atoms with Crippen molar-refractivity contribution < 1.29 is 18.6 Å². The molecule has 1 aromatic carbocycles. The molecule has 0 unspecified atom stereocenters.